The molecule has 0 N–H and O–H groups in total. The van der Waals surface area contributed by atoms with Crippen molar-refractivity contribution in [1.82, 2.24) is 0 Å². The van der Waals surface area contributed by atoms with E-state index in [-0.39, 0.29) is 0 Å². The summed E-state index contributed by atoms with van der Waals surface area (Å²) >= 11 is 3.96. The molecule has 2 unspecified atom stereocenters. The SMILES string of the molecule is c1cccc(-c2ccc3c(c2)-c2cc(-c4ccccc4)cc(-c4cccc(-c5cccc(-c6cccc(-c7cccc(-c8cc(-c9ccccc9)cc9c8SC8C=CC(c%10ccccc%10)=CC98)c7)c6)c5)c4)c2SC3)c#1. The molecule has 0 aromatic heterocycles. The van der Waals surface area contributed by atoms with Crippen molar-refractivity contribution >= 4 is 29.1 Å². The van der Waals surface area contributed by atoms with Gasteiger partial charge in [0.1, 0.15) is 0 Å². The number of allylic oxidation sites excluding steroid dienone is 3. The Balaban J connectivity index is 0.804. The van der Waals surface area contributed by atoms with Gasteiger partial charge in [-0.3, -0.25) is 0 Å². The van der Waals surface area contributed by atoms with Gasteiger partial charge in [-0.1, -0.05) is 212 Å². The van der Waals surface area contributed by atoms with Gasteiger partial charge in [-0.2, -0.15) is 0 Å². The summed E-state index contributed by atoms with van der Waals surface area (Å²) in [6.07, 6.45) is 7.25. The lowest BCUT2D eigenvalue weighted by molar-refractivity contribution is 0.885. The maximum absolute atomic E-state index is 3.33. The fourth-order valence-corrected chi connectivity index (χ4v) is 14.0. The van der Waals surface area contributed by atoms with Crippen LogP contribution in [0.1, 0.15) is 22.6 Å². The van der Waals surface area contributed by atoms with Crippen molar-refractivity contribution in [3.8, 4) is 100 Å². The summed E-state index contributed by atoms with van der Waals surface area (Å²) in [6.45, 7) is 0. The number of fused-ring (bicyclic) bond motifs is 6. The van der Waals surface area contributed by atoms with E-state index in [2.05, 4.69) is 267 Å². The molecular formula is C73H48S2. The van der Waals surface area contributed by atoms with Gasteiger partial charge >= 0.3 is 0 Å². The molecule has 75 heavy (non-hydrogen) atoms. The van der Waals surface area contributed by atoms with Crippen LogP contribution < -0.4 is 0 Å². The van der Waals surface area contributed by atoms with Crippen LogP contribution in [-0.2, 0) is 5.75 Å². The van der Waals surface area contributed by atoms with E-state index in [1.54, 1.807) is 0 Å². The van der Waals surface area contributed by atoms with Gasteiger partial charge in [0.15, 0.2) is 0 Å². The summed E-state index contributed by atoms with van der Waals surface area (Å²) in [5.74, 6) is 1.22. The second-order valence-electron chi connectivity index (χ2n) is 19.7. The molecule has 0 radical (unpaired) electrons. The minimum absolute atomic E-state index is 0.298. The quantitative estimate of drug-likeness (QED) is 0.141. The topological polar surface area (TPSA) is 0 Å². The van der Waals surface area contributed by atoms with Crippen molar-refractivity contribution in [3.05, 3.63) is 296 Å². The molecule has 352 valence electrons. The highest BCUT2D eigenvalue weighted by Crippen LogP contribution is 2.55. The Labute approximate surface area is 448 Å². The lowest BCUT2D eigenvalue weighted by Gasteiger charge is -2.24. The maximum atomic E-state index is 3.33. The van der Waals surface area contributed by atoms with Crippen LogP contribution in [0.3, 0.4) is 0 Å². The standard InChI is InChI=1S/C73H48S2/c1-5-17-48(18-6-1)58-33-34-62-47-74-72-66(43-63(45-69(72)65(62)41-58)50-21-9-3-10-22-50)60-31-15-29-56(39-60)54-27-13-25-52(37-54)53-26-14-28-55(38-53)57-30-16-32-61(40-57)67-44-64(51-23-11-4-12-24-51)46-70-68-42-59(49-19-7-2-8-20-49)35-36-71(68)75-73(67)70/h1-5,7-17,19-46,68,71H,47H2. The van der Waals surface area contributed by atoms with Crippen molar-refractivity contribution in [2.24, 2.45) is 0 Å². The molecule has 0 spiro atoms. The molecule has 0 saturated carbocycles. The largest absolute Gasteiger partial charge is 0.120 e. The molecule has 0 bridgehead atoms. The number of thioether (sulfide) groups is 2. The molecular weight excluding hydrogens is 941 g/mol. The zero-order valence-corrected chi connectivity index (χ0v) is 42.7. The average molecular weight is 989 g/mol. The predicted octanol–water partition coefficient (Wildman–Crippen LogP) is 20.1. The van der Waals surface area contributed by atoms with E-state index in [1.807, 2.05) is 35.7 Å². The smallest absolute Gasteiger partial charge is 0.0382 e. The summed E-state index contributed by atoms with van der Waals surface area (Å²) in [7, 11) is 0. The van der Waals surface area contributed by atoms with Crippen molar-refractivity contribution in [3.63, 3.8) is 0 Å². The lowest BCUT2D eigenvalue weighted by atomic mass is 9.84. The van der Waals surface area contributed by atoms with Crippen LogP contribution >= 0.6 is 23.5 Å². The molecule has 2 heteroatoms. The summed E-state index contributed by atoms with van der Waals surface area (Å²) in [5.41, 5.74) is 27.3. The Kier molecular flexibility index (Phi) is 11.6. The Morgan fingerprint density at radius 2 is 0.853 bits per heavy atom. The third-order valence-corrected chi connectivity index (χ3v) is 17.7. The third-order valence-electron chi connectivity index (χ3n) is 15.1. The van der Waals surface area contributed by atoms with E-state index < -0.39 is 0 Å². The minimum Gasteiger partial charge on any atom is -0.120 e. The van der Waals surface area contributed by atoms with Crippen molar-refractivity contribution in [2.45, 2.75) is 26.7 Å². The van der Waals surface area contributed by atoms with Crippen LogP contribution in [0.15, 0.2) is 277 Å². The summed E-state index contributed by atoms with van der Waals surface area (Å²) in [5, 5.41) is 0.357. The molecule has 0 saturated heterocycles. The first-order chi connectivity index (χ1) is 37.1. The normalized spacial score (nSPS) is 15.0. The van der Waals surface area contributed by atoms with Gasteiger partial charge in [0, 0.05) is 32.3 Å². The Morgan fingerprint density at radius 1 is 0.360 bits per heavy atom. The molecule has 2 aliphatic heterocycles. The molecule has 2 atom stereocenters. The van der Waals surface area contributed by atoms with Crippen molar-refractivity contribution in [2.75, 3.05) is 0 Å². The first kappa shape index (κ1) is 45.1. The summed E-state index contributed by atoms with van der Waals surface area (Å²) in [6, 6.07) is 98.1. The lowest BCUT2D eigenvalue weighted by Crippen LogP contribution is -2.09. The molecule has 3 aliphatic rings. The molecule has 0 amide bonds. The van der Waals surface area contributed by atoms with E-state index in [4.69, 9.17) is 0 Å². The minimum atomic E-state index is 0.298. The van der Waals surface area contributed by atoms with Crippen LogP contribution in [0.5, 0.6) is 0 Å². The maximum Gasteiger partial charge on any atom is 0.0382 e. The molecule has 11 aromatic carbocycles. The van der Waals surface area contributed by atoms with Gasteiger partial charge in [-0.25, -0.2) is 0 Å². The Hall–Kier alpha value is -8.58. The van der Waals surface area contributed by atoms with E-state index >= 15 is 0 Å². The second kappa shape index (κ2) is 19.4. The first-order valence-corrected chi connectivity index (χ1v) is 27.7. The van der Waals surface area contributed by atoms with Gasteiger partial charge < -0.3 is 0 Å². The number of hydrogen-bond acceptors (Lipinski definition) is 2. The molecule has 0 nitrogen and oxygen atoms in total. The highest BCUT2D eigenvalue weighted by Gasteiger charge is 2.35. The third kappa shape index (κ3) is 8.65. The van der Waals surface area contributed by atoms with Gasteiger partial charge in [0.2, 0.25) is 0 Å². The highest BCUT2D eigenvalue weighted by molar-refractivity contribution is 8.00. The number of rotatable bonds is 9. The monoisotopic (exact) mass is 988 g/mol. The van der Waals surface area contributed by atoms with E-state index in [0.717, 1.165) is 16.9 Å². The fourth-order valence-electron chi connectivity index (χ4n) is 11.3. The number of hydrogen-bond donors (Lipinski definition) is 0. The zero-order chi connectivity index (χ0) is 49.7. The highest BCUT2D eigenvalue weighted by atomic mass is 32.2. The summed E-state index contributed by atoms with van der Waals surface area (Å²) < 4.78 is 0. The van der Waals surface area contributed by atoms with Crippen LogP contribution in [-0.4, -0.2) is 5.25 Å². The van der Waals surface area contributed by atoms with E-state index in [9.17, 15) is 0 Å². The molecule has 0 fully saturated rings. The van der Waals surface area contributed by atoms with E-state index in [1.165, 1.54) is 121 Å². The number of benzene rings is 10. The van der Waals surface area contributed by atoms with Crippen LogP contribution in [0.4, 0.5) is 0 Å². The van der Waals surface area contributed by atoms with Crippen molar-refractivity contribution < 1.29 is 0 Å². The average Bonchev–Trinajstić information content (AvgIpc) is 3.88. The molecule has 2 heterocycles. The molecule has 14 rings (SSSR count). The van der Waals surface area contributed by atoms with Gasteiger partial charge in [-0.05, 0) is 184 Å². The van der Waals surface area contributed by atoms with Crippen molar-refractivity contribution in [1.29, 1.82) is 0 Å². The van der Waals surface area contributed by atoms with Gasteiger partial charge in [0.05, 0.1) is 0 Å². The summed E-state index contributed by atoms with van der Waals surface area (Å²) in [4.78, 5) is 2.71. The first-order valence-electron chi connectivity index (χ1n) is 25.8. The fraction of sp³-hybridized carbons (Fsp3) is 0.0411. The van der Waals surface area contributed by atoms with Gasteiger partial charge in [-0.15, -0.1) is 23.5 Å². The molecule has 1 aliphatic carbocycles. The predicted molar refractivity (Wildman–Crippen MR) is 319 cm³/mol. The Bertz CT molecular complexity index is 4020. The van der Waals surface area contributed by atoms with E-state index in [0.29, 0.717) is 11.2 Å². The Morgan fingerprint density at radius 3 is 1.43 bits per heavy atom. The van der Waals surface area contributed by atoms with Crippen LogP contribution in [0.25, 0.3) is 106 Å². The second-order valence-corrected chi connectivity index (χ2v) is 21.9. The van der Waals surface area contributed by atoms with Crippen LogP contribution in [0.2, 0.25) is 0 Å². The zero-order valence-electron chi connectivity index (χ0n) is 41.1. The molecule has 11 aromatic rings. The van der Waals surface area contributed by atoms with Crippen LogP contribution in [0, 0.1) is 12.1 Å². The van der Waals surface area contributed by atoms with Gasteiger partial charge in [0.25, 0.3) is 0 Å².